The molecule has 0 spiro atoms. The van der Waals surface area contributed by atoms with Crippen LogP contribution in [0.3, 0.4) is 0 Å². The maximum absolute atomic E-state index is 12.8. The Bertz CT molecular complexity index is 889. The van der Waals surface area contributed by atoms with Gasteiger partial charge in [0.1, 0.15) is 30.5 Å². The molecule has 1 heterocycles. The summed E-state index contributed by atoms with van der Waals surface area (Å²) in [5, 5.41) is 40.2. The van der Waals surface area contributed by atoms with Crippen molar-refractivity contribution < 1.29 is 44.2 Å². The summed E-state index contributed by atoms with van der Waals surface area (Å²) in [4.78, 5) is 12.8. The molecule has 1 aliphatic heterocycles. The lowest BCUT2D eigenvalue weighted by atomic mass is 9.99. The molecule has 9 heteroatoms. The molecule has 1 saturated heterocycles. The monoisotopic (exact) mass is 857 g/mol. The van der Waals surface area contributed by atoms with Crippen molar-refractivity contribution in [2.45, 2.75) is 295 Å². The molecule has 1 fully saturated rings. The molecule has 1 aliphatic rings. The molecule has 60 heavy (non-hydrogen) atoms. The van der Waals surface area contributed by atoms with Crippen molar-refractivity contribution in [3.8, 4) is 0 Å². The average Bonchev–Trinajstić information content (AvgIpc) is 3.25. The molecule has 0 aromatic carbocycles. The first kappa shape index (κ1) is 57.2. The zero-order chi connectivity index (χ0) is 43.6. The molecule has 0 bridgehead atoms. The lowest BCUT2D eigenvalue weighted by molar-refractivity contribution is -0.305. The molecular weight excluding hydrogens is 757 g/mol. The predicted octanol–water partition coefficient (Wildman–Crippen LogP) is 12.6. The van der Waals surface area contributed by atoms with Crippen LogP contribution in [0, 0.1) is 0 Å². The largest absolute Gasteiger partial charge is 0.457 e. The Balaban J connectivity index is 2.18. The highest BCUT2D eigenvalue weighted by Crippen LogP contribution is 2.23. The fraction of sp³-hybridized carbons (Fsp3) is 0.980. The molecule has 0 aromatic rings. The molecule has 358 valence electrons. The molecule has 0 radical (unpaired) electrons. The molecule has 9 nitrogen and oxygen atoms in total. The molecule has 6 atom stereocenters. The second-order valence-corrected chi connectivity index (χ2v) is 18.3. The minimum atomic E-state index is -1.53. The van der Waals surface area contributed by atoms with Crippen LogP contribution in [0.1, 0.15) is 258 Å². The Morgan fingerprint density at radius 1 is 0.467 bits per heavy atom. The van der Waals surface area contributed by atoms with Gasteiger partial charge >= 0.3 is 5.97 Å². The Labute approximate surface area is 370 Å². The standard InChI is InChI=1S/C51H100O9/c1-3-5-7-9-11-13-15-17-19-21-23-25-27-29-31-33-35-37-39-41-57-43-45(44-58-51-50(56)49(55)48(54)46(42-52)60-51)59-47(53)40-38-36-34-32-30-28-26-24-22-20-18-16-14-12-10-8-6-4-2/h45-46,48-52,54-56H,3-44H2,1-2H3. The Morgan fingerprint density at radius 2 is 0.817 bits per heavy atom. The van der Waals surface area contributed by atoms with E-state index < -0.39 is 43.4 Å². The maximum Gasteiger partial charge on any atom is 0.306 e. The summed E-state index contributed by atoms with van der Waals surface area (Å²) < 4.78 is 22.9. The third-order valence-electron chi connectivity index (χ3n) is 12.5. The first-order valence-electron chi connectivity index (χ1n) is 26.1. The summed E-state index contributed by atoms with van der Waals surface area (Å²) in [6.45, 7) is 4.63. The highest BCUT2D eigenvalue weighted by Gasteiger charge is 2.44. The Kier molecular flexibility index (Phi) is 41.4. The van der Waals surface area contributed by atoms with Crippen LogP contribution in [-0.4, -0.2) is 89.6 Å². The van der Waals surface area contributed by atoms with E-state index in [9.17, 15) is 25.2 Å². The summed E-state index contributed by atoms with van der Waals surface area (Å²) in [7, 11) is 0. The van der Waals surface area contributed by atoms with E-state index in [0.29, 0.717) is 13.0 Å². The number of aliphatic hydroxyl groups is 4. The van der Waals surface area contributed by atoms with Gasteiger partial charge in [0, 0.05) is 13.0 Å². The average molecular weight is 857 g/mol. The number of hydrogen-bond donors (Lipinski definition) is 4. The van der Waals surface area contributed by atoms with Crippen LogP contribution >= 0.6 is 0 Å². The summed E-state index contributed by atoms with van der Waals surface area (Å²) in [5.41, 5.74) is 0. The Morgan fingerprint density at radius 3 is 1.18 bits per heavy atom. The van der Waals surface area contributed by atoms with Gasteiger partial charge in [0.05, 0.1) is 19.8 Å². The smallest absolute Gasteiger partial charge is 0.306 e. The van der Waals surface area contributed by atoms with E-state index in [1.807, 2.05) is 0 Å². The minimum absolute atomic E-state index is 0.104. The van der Waals surface area contributed by atoms with Crippen molar-refractivity contribution in [1.82, 2.24) is 0 Å². The highest BCUT2D eigenvalue weighted by atomic mass is 16.7. The van der Waals surface area contributed by atoms with E-state index in [1.54, 1.807) is 0 Å². The molecule has 1 rings (SSSR count). The van der Waals surface area contributed by atoms with E-state index >= 15 is 0 Å². The predicted molar refractivity (Wildman–Crippen MR) is 247 cm³/mol. The van der Waals surface area contributed by atoms with E-state index in [0.717, 1.165) is 32.1 Å². The number of carbonyl (C=O) groups is 1. The van der Waals surface area contributed by atoms with Gasteiger partial charge in [0.15, 0.2) is 6.29 Å². The van der Waals surface area contributed by atoms with Crippen LogP contribution in [0.5, 0.6) is 0 Å². The highest BCUT2D eigenvalue weighted by molar-refractivity contribution is 5.69. The number of carbonyl (C=O) groups excluding carboxylic acids is 1. The van der Waals surface area contributed by atoms with Gasteiger partial charge < -0.3 is 39.4 Å². The van der Waals surface area contributed by atoms with Crippen molar-refractivity contribution in [2.75, 3.05) is 26.4 Å². The van der Waals surface area contributed by atoms with Crippen molar-refractivity contribution >= 4 is 5.97 Å². The molecule has 6 unspecified atom stereocenters. The van der Waals surface area contributed by atoms with Gasteiger partial charge in [-0.1, -0.05) is 239 Å². The molecule has 0 aliphatic carbocycles. The lowest BCUT2D eigenvalue weighted by Gasteiger charge is -2.39. The van der Waals surface area contributed by atoms with Crippen molar-refractivity contribution in [1.29, 1.82) is 0 Å². The fourth-order valence-electron chi connectivity index (χ4n) is 8.44. The van der Waals surface area contributed by atoms with Gasteiger partial charge in [-0.3, -0.25) is 4.79 Å². The molecule has 0 aromatic heterocycles. The first-order valence-corrected chi connectivity index (χ1v) is 26.1. The zero-order valence-electron chi connectivity index (χ0n) is 39.5. The number of unbranched alkanes of at least 4 members (excludes halogenated alkanes) is 35. The summed E-state index contributed by atoms with van der Waals surface area (Å²) in [6.07, 6.45) is 41.3. The van der Waals surface area contributed by atoms with Crippen molar-refractivity contribution in [2.24, 2.45) is 0 Å². The SMILES string of the molecule is CCCCCCCCCCCCCCCCCCCCCOCC(COC1OC(CO)C(O)C(O)C1O)OC(=O)CCCCCCCCCCCCCCCCCCCC. The van der Waals surface area contributed by atoms with Gasteiger partial charge in [-0.05, 0) is 12.8 Å². The van der Waals surface area contributed by atoms with E-state index in [1.165, 1.54) is 205 Å². The number of rotatable bonds is 46. The van der Waals surface area contributed by atoms with Crippen LogP contribution in [-0.2, 0) is 23.7 Å². The molecule has 0 saturated carbocycles. The van der Waals surface area contributed by atoms with Crippen LogP contribution in [0.2, 0.25) is 0 Å². The third-order valence-corrected chi connectivity index (χ3v) is 12.5. The van der Waals surface area contributed by atoms with Crippen molar-refractivity contribution in [3.63, 3.8) is 0 Å². The maximum atomic E-state index is 12.8. The summed E-state index contributed by atoms with van der Waals surface area (Å²) >= 11 is 0. The number of aliphatic hydroxyl groups excluding tert-OH is 4. The first-order chi connectivity index (χ1) is 29.4. The quantitative estimate of drug-likeness (QED) is 0.0348. The molecular formula is C51H100O9. The minimum Gasteiger partial charge on any atom is -0.457 e. The van der Waals surface area contributed by atoms with Crippen molar-refractivity contribution in [3.05, 3.63) is 0 Å². The third kappa shape index (κ3) is 33.7. The molecule has 4 N–H and O–H groups in total. The van der Waals surface area contributed by atoms with E-state index in [4.69, 9.17) is 18.9 Å². The molecule has 0 amide bonds. The van der Waals surface area contributed by atoms with E-state index in [-0.39, 0.29) is 19.2 Å². The zero-order valence-corrected chi connectivity index (χ0v) is 39.5. The van der Waals surface area contributed by atoms with Crippen LogP contribution in [0.25, 0.3) is 0 Å². The second kappa shape index (κ2) is 43.4. The normalized spacial score (nSPS) is 19.9. The Hall–Kier alpha value is -0.810. The van der Waals surface area contributed by atoms with Crippen LogP contribution in [0.15, 0.2) is 0 Å². The van der Waals surface area contributed by atoms with Gasteiger partial charge in [0.25, 0.3) is 0 Å². The van der Waals surface area contributed by atoms with E-state index in [2.05, 4.69) is 13.8 Å². The van der Waals surface area contributed by atoms with Gasteiger partial charge in [-0.2, -0.15) is 0 Å². The summed E-state index contributed by atoms with van der Waals surface area (Å²) in [5.74, 6) is -0.305. The fourth-order valence-corrected chi connectivity index (χ4v) is 8.44. The number of ether oxygens (including phenoxy) is 4. The van der Waals surface area contributed by atoms with Gasteiger partial charge in [-0.15, -0.1) is 0 Å². The van der Waals surface area contributed by atoms with Crippen LogP contribution in [0.4, 0.5) is 0 Å². The topological polar surface area (TPSA) is 135 Å². The second-order valence-electron chi connectivity index (χ2n) is 18.3. The summed E-state index contributed by atoms with van der Waals surface area (Å²) in [6, 6.07) is 0. The van der Waals surface area contributed by atoms with Gasteiger partial charge in [0.2, 0.25) is 0 Å². The lowest BCUT2D eigenvalue weighted by Crippen LogP contribution is -2.59. The van der Waals surface area contributed by atoms with Gasteiger partial charge in [-0.25, -0.2) is 0 Å². The number of esters is 1. The van der Waals surface area contributed by atoms with Crippen LogP contribution < -0.4 is 0 Å². The number of hydrogen-bond acceptors (Lipinski definition) is 9.